The average Bonchev–Trinajstić information content (AvgIpc) is 3.34. The van der Waals surface area contributed by atoms with Crippen molar-refractivity contribution in [1.82, 2.24) is 19.6 Å². The van der Waals surface area contributed by atoms with Gasteiger partial charge in [-0.25, -0.2) is 0 Å². The molecule has 264 valence electrons. The molecule has 0 aromatic heterocycles. The molecule has 4 saturated heterocycles. The Labute approximate surface area is 282 Å². The minimum Gasteiger partial charge on any atom is -0.306 e. The Hall–Kier alpha value is -0.160. The molecule has 4 fully saturated rings. The second-order valence-corrected chi connectivity index (χ2v) is 20.1. The summed E-state index contributed by atoms with van der Waals surface area (Å²) in [6, 6.07) is 0.664. The first-order chi connectivity index (χ1) is 20.7. The van der Waals surface area contributed by atoms with Crippen molar-refractivity contribution in [2.75, 3.05) is 73.0 Å². The van der Waals surface area contributed by atoms with Gasteiger partial charge in [-0.3, -0.25) is 0 Å². The van der Waals surface area contributed by atoms with Crippen LogP contribution in [-0.2, 0) is 0 Å². The van der Waals surface area contributed by atoms with Crippen LogP contribution < -0.4 is 0 Å². The predicted molar refractivity (Wildman–Crippen MR) is 197 cm³/mol. The highest BCUT2D eigenvalue weighted by Crippen LogP contribution is 2.71. The standard InChI is InChI=1S/C41H80N4/c1-32(2)29-44-22-15-34(16-23-44)36(5,6)40(11,35-17-24-45(25-18-35)33(3)4)30-41(12,38(9)19-26-42(13)27-20-38)37(7,8)39(10)21-28-43(14)31-39/h32-35H,15-31H2,1-14H3. The molecule has 4 heterocycles. The van der Waals surface area contributed by atoms with Gasteiger partial charge in [0.1, 0.15) is 0 Å². The molecule has 3 atom stereocenters. The van der Waals surface area contributed by atoms with E-state index < -0.39 is 0 Å². The molecule has 4 aliphatic rings. The number of likely N-dealkylation sites (tertiary alicyclic amines) is 4. The molecule has 0 aliphatic carbocycles. The molecule has 4 nitrogen and oxygen atoms in total. The van der Waals surface area contributed by atoms with Crippen molar-refractivity contribution < 1.29 is 0 Å². The summed E-state index contributed by atoms with van der Waals surface area (Å²) in [5.41, 5.74) is 1.72. The van der Waals surface area contributed by atoms with Crippen molar-refractivity contribution in [3.8, 4) is 0 Å². The van der Waals surface area contributed by atoms with Crippen LogP contribution in [0.2, 0.25) is 0 Å². The molecule has 4 rings (SSSR count). The van der Waals surface area contributed by atoms with Crippen LogP contribution in [0.3, 0.4) is 0 Å². The highest BCUT2D eigenvalue weighted by molar-refractivity contribution is 5.14. The first kappa shape index (κ1) is 37.7. The van der Waals surface area contributed by atoms with Crippen molar-refractivity contribution >= 4 is 0 Å². The van der Waals surface area contributed by atoms with Gasteiger partial charge >= 0.3 is 0 Å². The summed E-state index contributed by atoms with van der Waals surface area (Å²) in [7, 11) is 4.73. The number of hydrogen-bond donors (Lipinski definition) is 0. The third-order valence-corrected chi connectivity index (χ3v) is 16.6. The third-order valence-electron chi connectivity index (χ3n) is 16.6. The summed E-state index contributed by atoms with van der Waals surface area (Å²) in [5.74, 6) is 2.36. The quantitative estimate of drug-likeness (QED) is 0.226. The van der Waals surface area contributed by atoms with Crippen molar-refractivity contribution in [2.24, 2.45) is 50.2 Å². The van der Waals surface area contributed by atoms with Gasteiger partial charge in [0.15, 0.2) is 0 Å². The highest BCUT2D eigenvalue weighted by atomic mass is 15.2. The molecule has 0 bridgehead atoms. The number of nitrogens with zero attached hydrogens (tertiary/aromatic N) is 4. The first-order valence-electron chi connectivity index (χ1n) is 19.5. The molecule has 0 amide bonds. The summed E-state index contributed by atoms with van der Waals surface area (Å²) in [6.45, 7) is 43.2. The van der Waals surface area contributed by atoms with Gasteiger partial charge in [-0.1, -0.05) is 69.2 Å². The Balaban J connectivity index is 1.78. The van der Waals surface area contributed by atoms with Gasteiger partial charge in [0.2, 0.25) is 0 Å². The Kier molecular flexibility index (Phi) is 11.4. The van der Waals surface area contributed by atoms with Gasteiger partial charge < -0.3 is 19.6 Å². The smallest absolute Gasteiger partial charge is 0.00385 e. The van der Waals surface area contributed by atoms with E-state index in [1.54, 1.807) is 0 Å². The molecule has 0 aromatic rings. The first-order valence-corrected chi connectivity index (χ1v) is 19.5. The van der Waals surface area contributed by atoms with Gasteiger partial charge in [-0.2, -0.15) is 0 Å². The van der Waals surface area contributed by atoms with Crippen LogP contribution in [0.5, 0.6) is 0 Å². The summed E-state index contributed by atoms with van der Waals surface area (Å²) < 4.78 is 0. The van der Waals surface area contributed by atoms with Crippen LogP contribution in [0.25, 0.3) is 0 Å². The van der Waals surface area contributed by atoms with E-state index in [0.29, 0.717) is 27.7 Å². The summed E-state index contributed by atoms with van der Waals surface area (Å²) in [4.78, 5) is 10.8. The Morgan fingerprint density at radius 2 is 1.13 bits per heavy atom. The van der Waals surface area contributed by atoms with Crippen LogP contribution in [-0.4, -0.2) is 98.6 Å². The molecule has 0 spiro atoms. The maximum atomic E-state index is 2.85. The second kappa shape index (κ2) is 13.6. The molecule has 3 unspecified atom stereocenters. The SMILES string of the molecule is CC(C)CN1CCC(C(C)(C)C(C)(CC(C)(C2(C)CCN(C)CC2)C(C)(C)C2(C)CCN(C)C2)C2CCN(C(C)C)CC2)CC1. The van der Waals surface area contributed by atoms with Crippen LogP contribution >= 0.6 is 0 Å². The van der Waals surface area contributed by atoms with Gasteiger partial charge in [0.05, 0.1) is 0 Å². The topological polar surface area (TPSA) is 13.0 Å². The molecule has 0 N–H and O–H groups in total. The predicted octanol–water partition coefficient (Wildman–Crippen LogP) is 9.00. The lowest BCUT2D eigenvalue weighted by atomic mass is 9.38. The molecule has 0 aromatic carbocycles. The van der Waals surface area contributed by atoms with Crippen molar-refractivity contribution in [1.29, 1.82) is 0 Å². The van der Waals surface area contributed by atoms with E-state index in [4.69, 9.17) is 0 Å². The number of piperidine rings is 3. The zero-order valence-corrected chi connectivity index (χ0v) is 33.1. The number of rotatable bonds is 11. The highest BCUT2D eigenvalue weighted by Gasteiger charge is 2.65. The lowest BCUT2D eigenvalue weighted by Gasteiger charge is -2.68. The largest absolute Gasteiger partial charge is 0.306 e. The van der Waals surface area contributed by atoms with Gasteiger partial charge in [0, 0.05) is 19.1 Å². The van der Waals surface area contributed by atoms with Crippen LogP contribution in [0.15, 0.2) is 0 Å². The minimum absolute atomic E-state index is 0.228. The summed E-state index contributed by atoms with van der Waals surface area (Å²) >= 11 is 0. The fraction of sp³-hybridized carbons (Fsp3) is 1.00. The summed E-state index contributed by atoms with van der Waals surface area (Å²) in [6.07, 6.45) is 10.9. The van der Waals surface area contributed by atoms with Crippen LogP contribution in [0.1, 0.15) is 134 Å². The number of hydrogen-bond acceptors (Lipinski definition) is 4. The Bertz CT molecular complexity index is 947. The van der Waals surface area contributed by atoms with Gasteiger partial charge in [-0.15, -0.1) is 0 Å². The van der Waals surface area contributed by atoms with Crippen LogP contribution in [0.4, 0.5) is 0 Å². The van der Waals surface area contributed by atoms with E-state index in [0.717, 1.165) is 17.8 Å². The fourth-order valence-corrected chi connectivity index (χ4v) is 11.7. The van der Waals surface area contributed by atoms with E-state index in [9.17, 15) is 0 Å². The molecule has 45 heavy (non-hydrogen) atoms. The van der Waals surface area contributed by atoms with Crippen molar-refractivity contribution in [3.05, 3.63) is 0 Å². The molecular formula is C41H80N4. The normalized spacial score (nSPS) is 30.7. The van der Waals surface area contributed by atoms with E-state index in [-0.39, 0.29) is 10.8 Å². The monoisotopic (exact) mass is 629 g/mol. The maximum Gasteiger partial charge on any atom is 0.00385 e. The third kappa shape index (κ3) is 6.98. The molecule has 0 saturated carbocycles. The Morgan fingerprint density at radius 3 is 1.60 bits per heavy atom. The molecule has 0 radical (unpaired) electrons. The van der Waals surface area contributed by atoms with E-state index in [1.165, 1.54) is 110 Å². The lowest BCUT2D eigenvalue weighted by molar-refractivity contribution is -0.188. The summed E-state index contributed by atoms with van der Waals surface area (Å²) in [5, 5.41) is 0. The minimum atomic E-state index is 0.228. The van der Waals surface area contributed by atoms with Crippen LogP contribution in [0, 0.1) is 50.2 Å². The average molecular weight is 629 g/mol. The lowest BCUT2D eigenvalue weighted by Crippen LogP contribution is -2.62. The Morgan fingerprint density at radius 1 is 0.644 bits per heavy atom. The molecule has 4 aliphatic heterocycles. The van der Waals surface area contributed by atoms with E-state index in [1.807, 2.05) is 0 Å². The molecule has 4 heteroatoms. The molecular weight excluding hydrogens is 548 g/mol. The van der Waals surface area contributed by atoms with E-state index in [2.05, 4.69) is 117 Å². The fourth-order valence-electron chi connectivity index (χ4n) is 11.7. The van der Waals surface area contributed by atoms with E-state index >= 15 is 0 Å². The second-order valence-electron chi connectivity index (χ2n) is 20.1. The maximum absolute atomic E-state index is 2.85. The zero-order valence-electron chi connectivity index (χ0n) is 33.1. The van der Waals surface area contributed by atoms with Gasteiger partial charge in [-0.05, 0) is 175 Å². The van der Waals surface area contributed by atoms with Gasteiger partial charge in [0.25, 0.3) is 0 Å². The van der Waals surface area contributed by atoms with Crippen molar-refractivity contribution in [2.45, 2.75) is 140 Å². The van der Waals surface area contributed by atoms with Crippen molar-refractivity contribution in [3.63, 3.8) is 0 Å². The zero-order chi connectivity index (χ0) is 33.6.